The second-order valence-electron chi connectivity index (χ2n) is 4.59. The largest absolute Gasteiger partial charge is 0.481 e. The molecular formula is C13H17N3O3. The molecule has 0 aliphatic heterocycles. The zero-order valence-corrected chi connectivity index (χ0v) is 10.5. The molecule has 0 aromatic carbocycles. The highest BCUT2D eigenvalue weighted by molar-refractivity contribution is 5.85. The fourth-order valence-corrected chi connectivity index (χ4v) is 2.24. The predicted octanol–water partition coefficient (Wildman–Crippen LogP) is 0.666. The summed E-state index contributed by atoms with van der Waals surface area (Å²) in [5.41, 5.74) is 0. The molecule has 1 aliphatic rings. The Hall–Kier alpha value is -2.11. The number of carbonyl (C=O) groups excluding carboxylic acids is 1. The van der Waals surface area contributed by atoms with E-state index >= 15 is 0 Å². The smallest absolute Gasteiger partial charge is 0.307 e. The van der Waals surface area contributed by atoms with Crippen LogP contribution in [0.15, 0.2) is 30.9 Å². The number of hydrogen-bond acceptors (Lipinski definition) is 3. The van der Waals surface area contributed by atoms with E-state index in [1.54, 1.807) is 12.5 Å². The third-order valence-electron chi connectivity index (χ3n) is 3.31. The van der Waals surface area contributed by atoms with Crippen LogP contribution in [0, 0.1) is 11.8 Å². The van der Waals surface area contributed by atoms with E-state index in [1.807, 2.05) is 22.9 Å². The second kappa shape index (κ2) is 6.17. The summed E-state index contributed by atoms with van der Waals surface area (Å²) in [5.74, 6) is -2.17. The molecule has 1 aromatic rings. The third kappa shape index (κ3) is 3.43. The average molecular weight is 263 g/mol. The average Bonchev–Trinajstić information content (AvgIpc) is 2.91. The van der Waals surface area contributed by atoms with Crippen molar-refractivity contribution >= 4 is 11.9 Å². The van der Waals surface area contributed by atoms with Gasteiger partial charge in [0.2, 0.25) is 5.91 Å². The summed E-state index contributed by atoms with van der Waals surface area (Å²) in [6, 6.07) is 0. The SMILES string of the molecule is O=C(O)[C@H]1CC=CC[C@H]1C(=O)NCCn1ccnc1. The summed E-state index contributed by atoms with van der Waals surface area (Å²) in [7, 11) is 0. The highest BCUT2D eigenvalue weighted by atomic mass is 16.4. The number of aliphatic carboxylic acids is 1. The van der Waals surface area contributed by atoms with Crippen LogP contribution in [0.1, 0.15) is 12.8 Å². The number of nitrogens with zero attached hydrogens (tertiary/aromatic N) is 2. The fraction of sp³-hybridized carbons (Fsp3) is 0.462. The number of rotatable bonds is 5. The predicted molar refractivity (Wildman–Crippen MR) is 68.2 cm³/mol. The van der Waals surface area contributed by atoms with Crippen LogP contribution in [0.5, 0.6) is 0 Å². The molecule has 102 valence electrons. The van der Waals surface area contributed by atoms with E-state index in [1.165, 1.54) is 0 Å². The summed E-state index contributed by atoms with van der Waals surface area (Å²) < 4.78 is 1.86. The molecule has 0 unspecified atom stereocenters. The lowest BCUT2D eigenvalue weighted by Gasteiger charge is -2.24. The van der Waals surface area contributed by atoms with Gasteiger partial charge >= 0.3 is 5.97 Å². The molecule has 2 N–H and O–H groups in total. The first-order valence-corrected chi connectivity index (χ1v) is 6.29. The zero-order chi connectivity index (χ0) is 13.7. The number of carboxylic acid groups (broad SMARTS) is 1. The lowest BCUT2D eigenvalue weighted by Crippen LogP contribution is -2.39. The highest BCUT2D eigenvalue weighted by Crippen LogP contribution is 2.25. The van der Waals surface area contributed by atoms with Crippen LogP contribution >= 0.6 is 0 Å². The van der Waals surface area contributed by atoms with E-state index < -0.39 is 17.8 Å². The van der Waals surface area contributed by atoms with Gasteiger partial charge in [0.05, 0.1) is 18.2 Å². The summed E-state index contributed by atoms with van der Waals surface area (Å²) in [5, 5.41) is 11.9. The van der Waals surface area contributed by atoms with E-state index in [0.717, 1.165) is 0 Å². The van der Waals surface area contributed by atoms with E-state index in [2.05, 4.69) is 10.3 Å². The Balaban J connectivity index is 1.84. The Bertz CT molecular complexity index is 467. The third-order valence-corrected chi connectivity index (χ3v) is 3.31. The minimum absolute atomic E-state index is 0.183. The summed E-state index contributed by atoms with van der Waals surface area (Å²) in [6.45, 7) is 1.10. The number of carbonyl (C=O) groups is 2. The summed E-state index contributed by atoms with van der Waals surface area (Å²) in [4.78, 5) is 27.0. The van der Waals surface area contributed by atoms with Crippen LogP contribution in [-0.2, 0) is 16.1 Å². The summed E-state index contributed by atoms with van der Waals surface area (Å²) >= 11 is 0. The molecule has 6 nitrogen and oxygen atoms in total. The van der Waals surface area contributed by atoms with Gasteiger partial charge < -0.3 is 15.0 Å². The van der Waals surface area contributed by atoms with E-state index in [9.17, 15) is 9.59 Å². The number of aromatic nitrogens is 2. The monoisotopic (exact) mass is 263 g/mol. The molecule has 0 fully saturated rings. The van der Waals surface area contributed by atoms with E-state index in [4.69, 9.17) is 5.11 Å². The summed E-state index contributed by atoms with van der Waals surface area (Å²) in [6.07, 6.45) is 9.79. The van der Waals surface area contributed by atoms with Crippen molar-refractivity contribution in [3.8, 4) is 0 Å². The number of allylic oxidation sites excluding steroid dienone is 2. The van der Waals surface area contributed by atoms with Crippen LogP contribution in [0.3, 0.4) is 0 Å². The standard InChI is InChI=1S/C13H17N3O3/c17-12(15-6-8-16-7-5-14-9-16)10-3-1-2-4-11(10)13(18)19/h1-2,5,7,9-11H,3-4,6,8H2,(H,15,17)(H,18,19)/t10-,11+/m1/s1. The van der Waals surface area contributed by atoms with Crippen molar-refractivity contribution < 1.29 is 14.7 Å². The lowest BCUT2D eigenvalue weighted by atomic mass is 9.82. The quantitative estimate of drug-likeness (QED) is 0.765. The van der Waals surface area contributed by atoms with Gasteiger partial charge in [0.1, 0.15) is 0 Å². The Morgan fingerprint density at radius 3 is 2.68 bits per heavy atom. The van der Waals surface area contributed by atoms with E-state index in [-0.39, 0.29) is 5.91 Å². The van der Waals surface area contributed by atoms with Crippen LogP contribution in [0.25, 0.3) is 0 Å². The van der Waals surface area contributed by atoms with Crippen molar-refractivity contribution in [2.45, 2.75) is 19.4 Å². The molecule has 0 saturated heterocycles. The minimum Gasteiger partial charge on any atom is -0.481 e. The van der Waals surface area contributed by atoms with Crippen LogP contribution < -0.4 is 5.32 Å². The molecule has 1 aromatic heterocycles. The molecule has 0 saturated carbocycles. The van der Waals surface area contributed by atoms with Gasteiger partial charge in [0.25, 0.3) is 0 Å². The molecule has 2 rings (SSSR count). The maximum absolute atomic E-state index is 12.0. The molecule has 1 heterocycles. The Kier molecular flexibility index (Phi) is 4.33. The minimum atomic E-state index is -0.904. The number of carboxylic acids is 1. The molecule has 1 aliphatic carbocycles. The Morgan fingerprint density at radius 2 is 2.05 bits per heavy atom. The molecule has 2 atom stereocenters. The molecular weight excluding hydrogens is 246 g/mol. The maximum Gasteiger partial charge on any atom is 0.307 e. The Morgan fingerprint density at radius 1 is 1.32 bits per heavy atom. The lowest BCUT2D eigenvalue weighted by molar-refractivity contribution is -0.147. The second-order valence-corrected chi connectivity index (χ2v) is 4.59. The molecule has 0 radical (unpaired) electrons. The van der Waals surface area contributed by atoms with Crippen molar-refractivity contribution in [3.05, 3.63) is 30.9 Å². The number of imidazole rings is 1. The van der Waals surface area contributed by atoms with Crippen molar-refractivity contribution in [1.82, 2.24) is 14.9 Å². The van der Waals surface area contributed by atoms with Gasteiger partial charge in [-0.15, -0.1) is 0 Å². The Labute approximate surface area is 111 Å². The highest BCUT2D eigenvalue weighted by Gasteiger charge is 2.33. The van der Waals surface area contributed by atoms with Gasteiger partial charge in [-0.2, -0.15) is 0 Å². The molecule has 0 spiro atoms. The fourth-order valence-electron chi connectivity index (χ4n) is 2.24. The van der Waals surface area contributed by atoms with Gasteiger partial charge in [-0.05, 0) is 12.8 Å². The van der Waals surface area contributed by atoms with Gasteiger partial charge in [-0.25, -0.2) is 4.98 Å². The first-order chi connectivity index (χ1) is 9.18. The van der Waals surface area contributed by atoms with Crippen molar-refractivity contribution in [1.29, 1.82) is 0 Å². The number of hydrogen-bond donors (Lipinski definition) is 2. The molecule has 0 bridgehead atoms. The van der Waals surface area contributed by atoms with Crippen molar-refractivity contribution in [2.75, 3.05) is 6.54 Å². The van der Waals surface area contributed by atoms with Gasteiger partial charge in [-0.1, -0.05) is 12.2 Å². The van der Waals surface area contributed by atoms with Crippen LogP contribution in [0.2, 0.25) is 0 Å². The van der Waals surface area contributed by atoms with Gasteiger partial charge in [0.15, 0.2) is 0 Å². The molecule has 6 heteroatoms. The van der Waals surface area contributed by atoms with Crippen LogP contribution in [0.4, 0.5) is 0 Å². The first-order valence-electron chi connectivity index (χ1n) is 6.29. The van der Waals surface area contributed by atoms with Gasteiger partial charge in [0, 0.05) is 25.5 Å². The van der Waals surface area contributed by atoms with Crippen LogP contribution in [-0.4, -0.2) is 33.1 Å². The van der Waals surface area contributed by atoms with E-state index in [0.29, 0.717) is 25.9 Å². The number of amides is 1. The van der Waals surface area contributed by atoms with Crippen molar-refractivity contribution in [2.24, 2.45) is 11.8 Å². The maximum atomic E-state index is 12.0. The normalized spacial score (nSPS) is 22.1. The molecule has 19 heavy (non-hydrogen) atoms. The van der Waals surface area contributed by atoms with Crippen molar-refractivity contribution in [3.63, 3.8) is 0 Å². The first kappa shape index (κ1) is 13.3. The topological polar surface area (TPSA) is 84.2 Å². The molecule has 1 amide bonds. The van der Waals surface area contributed by atoms with Gasteiger partial charge in [-0.3, -0.25) is 9.59 Å². The number of nitrogens with one attached hydrogen (secondary N) is 1. The zero-order valence-electron chi connectivity index (χ0n) is 10.5.